The number of hydrogen-bond acceptors (Lipinski definition) is 2. The van der Waals surface area contributed by atoms with Gasteiger partial charge < -0.3 is 0 Å². The minimum Gasteiger partial charge on any atom is -0.212 e. The molecule has 0 rings (SSSR count). The minimum absolute atomic E-state index is 0.0295. The topological polar surface area (TPSA) is 46.2 Å². The van der Waals surface area contributed by atoms with Gasteiger partial charge in [-0.15, -0.1) is 0 Å². The summed E-state index contributed by atoms with van der Waals surface area (Å²) in [6.07, 6.45) is 2.46. The van der Waals surface area contributed by atoms with Gasteiger partial charge in [0.25, 0.3) is 0 Å². The van der Waals surface area contributed by atoms with Gasteiger partial charge in [0.05, 0.1) is 5.75 Å². The Morgan fingerprint density at radius 2 is 2.00 bits per heavy atom. The molecule has 1 unspecified atom stereocenters. The average molecular weight is 272 g/mol. The Kier molecular flexibility index (Phi) is 6.99. The molecule has 0 aliphatic heterocycles. The van der Waals surface area contributed by atoms with Crippen molar-refractivity contribution in [1.29, 1.82) is 0 Å². The predicted octanol–water partition coefficient (Wildman–Crippen LogP) is 1.88. The summed E-state index contributed by atoms with van der Waals surface area (Å²) in [6, 6.07) is 0.0295. The van der Waals surface area contributed by atoms with Gasteiger partial charge in [0.1, 0.15) is 0 Å². The van der Waals surface area contributed by atoms with Crippen molar-refractivity contribution in [2.24, 2.45) is 0 Å². The van der Waals surface area contributed by atoms with Gasteiger partial charge in [0.2, 0.25) is 10.0 Å². The molecular weight excluding hydrogens is 254 g/mol. The molecule has 13 heavy (non-hydrogen) atoms. The minimum atomic E-state index is -3.05. The zero-order valence-electron chi connectivity index (χ0n) is 8.22. The van der Waals surface area contributed by atoms with Crippen LogP contribution in [0.2, 0.25) is 0 Å². The van der Waals surface area contributed by atoms with Gasteiger partial charge in [-0.1, -0.05) is 36.2 Å². The highest BCUT2D eigenvalue weighted by molar-refractivity contribution is 9.09. The van der Waals surface area contributed by atoms with Crippen molar-refractivity contribution in [3.05, 3.63) is 0 Å². The Bertz CT molecular complexity index is 212. The van der Waals surface area contributed by atoms with Crippen LogP contribution < -0.4 is 4.72 Å². The third kappa shape index (κ3) is 6.46. The van der Waals surface area contributed by atoms with E-state index in [0.717, 1.165) is 19.3 Å². The smallest absolute Gasteiger partial charge is 0.211 e. The van der Waals surface area contributed by atoms with Crippen molar-refractivity contribution < 1.29 is 8.42 Å². The number of halogens is 1. The second-order valence-electron chi connectivity index (χ2n) is 3.05. The van der Waals surface area contributed by atoms with E-state index in [9.17, 15) is 8.42 Å². The first-order valence-corrected chi connectivity index (χ1v) is 7.39. The molecule has 5 heteroatoms. The Morgan fingerprint density at radius 3 is 2.38 bits per heavy atom. The highest BCUT2D eigenvalue weighted by atomic mass is 79.9. The van der Waals surface area contributed by atoms with E-state index in [1.54, 1.807) is 0 Å². The molecule has 80 valence electrons. The molecule has 0 saturated heterocycles. The number of rotatable bonds is 7. The monoisotopic (exact) mass is 271 g/mol. The molecule has 0 bridgehead atoms. The third-order valence-corrected chi connectivity index (χ3v) is 4.09. The fraction of sp³-hybridized carbons (Fsp3) is 1.00. The van der Waals surface area contributed by atoms with Gasteiger partial charge in [-0.25, -0.2) is 13.1 Å². The molecule has 0 amide bonds. The Labute approximate surface area is 89.5 Å². The van der Waals surface area contributed by atoms with Crippen LogP contribution in [0.5, 0.6) is 0 Å². The van der Waals surface area contributed by atoms with Crippen LogP contribution in [0.1, 0.15) is 33.1 Å². The molecule has 0 aromatic rings. The molecule has 0 fully saturated rings. The maximum absolute atomic E-state index is 11.4. The number of alkyl halides is 1. The largest absolute Gasteiger partial charge is 0.212 e. The highest BCUT2D eigenvalue weighted by Crippen LogP contribution is 2.01. The first-order chi connectivity index (χ1) is 6.05. The Hall–Kier alpha value is 0.390. The van der Waals surface area contributed by atoms with Crippen LogP contribution >= 0.6 is 15.9 Å². The molecule has 0 aliphatic rings. The second-order valence-corrected chi connectivity index (χ2v) is 5.57. The SMILES string of the molecule is CCCCS(=O)(=O)NC(CC)CBr. The molecule has 0 heterocycles. The summed E-state index contributed by atoms with van der Waals surface area (Å²) >= 11 is 3.27. The summed E-state index contributed by atoms with van der Waals surface area (Å²) in [7, 11) is -3.05. The van der Waals surface area contributed by atoms with Crippen LogP contribution in [-0.2, 0) is 10.0 Å². The molecule has 0 spiro atoms. The molecule has 3 nitrogen and oxygen atoms in total. The van der Waals surface area contributed by atoms with E-state index in [1.807, 2.05) is 13.8 Å². The number of unbranched alkanes of at least 4 members (excludes halogenated alkanes) is 1. The lowest BCUT2D eigenvalue weighted by Crippen LogP contribution is -2.36. The first kappa shape index (κ1) is 13.4. The standard InChI is InChI=1S/C8H18BrNO2S/c1-3-5-6-13(11,12)10-8(4-2)7-9/h8,10H,3-7H2,1-2H3. The average Bonchev–Trinajstić information content (AvgIpc) is 2.11. The maximum Gasteiger partial charge on any atom is 0.211 e. The maximum atomic E-state index is 11.4. The molecule has 0 aromatic carbocycles. The summed E-state index contributed by atoms with van der Waals surface area (Å²) in [5.41, 5.74) is 0. The van der Waals surface area contributed by atoms with Gasteiger partial charge in [0, 0.05) is 11.4 Å². The molecule has 1 atom stereocenters. The van der Waals surface area contributed by atoms with Crippen molar-refractivity contribution in [1.82, 2.24) is 4.72 Å². The molecule has 0 radical (unpaired) electrons. The summed E-state index contributed by atoms with van der Waals surface area (Å²) in [5, 5.41) is 0.675. The lowest BCUT2D eigenvalue weighted by molar-refractivity contribution is 0.556. The number of sulfonamides is 1. The highest BCUT2D eigenvalue weighted by Gasteiger charge is 2.14. The zero-order chi connectivity index (χ0) is 10.3. The quantitative estimate of drug-likeness (QED) is 0.719. The van der Waals surface area contributed by atoms with E-state index in [-0.39, 0.29) is 11.8 Å². The van der Waals surface area contributed by atoms with Crippen LogP contribution in [0.15, 0.2) is 0 Å². The Morgan fingerprint density at radius 1 is 1.38 bits per heavy atom. The van der Waals surface area contributed by atoms with Crippen LogP contribution in [-0.4, -0.2) is 25.5 Å². The predicted molar refractivity (Wildman–Crippen MR) is 59.7 cm³/mol. The van der Waals surface area contributed by atoms with Crippen molar-refractivity contribution in [3.8, 4) is 0 Å². The van der Waals surface area contributed by atoms with Crippen LogP contribution in [0.3, 0.4) is 0 Å². The molecule has 1 N–H and O–H groups in total. The van der Waals surface area contributed by atoms with Gasteiger partial charge in [-0.3, -0.25) is 0 Å². The van der Waals surface area contributed by atoms with Gasteiger partial charge in [-0.05, 0) is 12.8 Å². The van der Waals surface area contributed by atoms with Gasteiger partial charge in [0.15, 0.2) is 0 Å². The molecular formula is C8H18BrNO2S. The summed E-state index contributed by atoms with van der Waals surface area (Å²) < 4.78 is 25.4. The van der Waals surface area contributed by atoms with Crippen molar-refractivity contribution in [3.63, 3.8) is 0 Å². The van der Waals surface area contributed by atoms with Crippen molar-refractivity contribution in [2.75, 3.05) is 11.1 Å². The fourth-order valence-corrected chi connectivity index (χ4v) is 3.25. The van der Waals surface area contributed by atoms with E-state index < -0.39 is 10.0 Å². The summed E-state index contributed by atoms with van der Waals surface area (Å²) in [4.78, 5) is 0. The Balaban J connectivity index is 4.00. The van der Waals surface area contributed by atoms with Crippen LogP contribution in [0, 0.1) is 0 Å². The van der Waals surface area contributed by atoms with E-state index in [0.29, 0.717) is 5.33 Å². The van der Waals surface area contributed by atoms with Crippen molar-refractivity contribution >= 4 is 26.0 Å². The summed E-state index contributed by atoms with van der Waals surface area (Å²) in [5.74, 6) is 0.243. The zero-order valence-corrected chi connectivity index (χ0v) is 10.6. The van der Waals surface area contributed by atoms with Crippen LogP contribution in [0.25, 0.3) is 0 Å². The molecule has 0 aromatic heterocycles. The van der Waals surface area contributed by atoms with Gasteiger partial charge >= 0.3 is 0 Å². The van der Waals surface area contributed by atoms with Gasteiger partial charge in [-0.2, -0.15) is 0 Å². The fourth-order valence-electron chi connectivity index (χ4n) is 0.871. The van der Waals surface area contributed by atoms with E-state index in [4.69, 9.17) is 0 Å². The molecule has 0 aliphatic carbocycles. The van der Waals surface area contributed by atoms with E-state index in [2.05, 4.69) is 20.7 Å². The number of hydrogen-bond donors (Lipinski definition) is 1. The third-order valence-electron chi connectivity index (χ3n) is 1.79. The van der Waals surface area contributed by atoms with Crippen LogP contribution in [0.4, 0.5) is 0 Å². The summed E-state index contributed by atoms with van der Waals surface area (Å²) in [6.45, 7) is 3.95. The second kappa shape index (κ2) is 6.79. The normalized spacial score (nSPS) is 14.4. The van der Waals surface area contributed by atoms with E-state index >= 15 is 0 Å². The first-order valence-electron chi connectivity index (χ1n) is 4.61. The van der Waals surface area contributed by atoms with Crippen molar-refractivity contribution in [2.45, 2.75) is 39.2 Å². The molecule has 0 saturated carbocycles. The number of nitrogens with one attached hydrogen (secondary N) is 1. The van der Waals surface area contributed by atoms with E-state index in [1.165, 1.54) is 0 Å². The lowest BCUT2D eigenvalue weighted by atomic mass is 10.3. The lowest BCUT2D eigenvalue weighted by Gasteiger charge is -2.13.